The molecule has 0 aromatic carbocycles. The van der Waals surface area contributed by atoms with Gasteiger partial charge in [-0.2, -0.15) is 0 Å². The van der Waals surface area contributed by atoms with Crippen molar-refractivity contribution < 1.29 is 9.59 Å². The fourth-order valence-electron chi connectivity index (χ4n) is 4.58. The Hall–Kier alpha value is -3.81. The van der Waals surface area contributed by atoms with Crippen LogP contribution in [0.15, 0.2) is 66.0 Å². The van der Waals surface area contributed by atoms with Crippen molar-refractivity contribution in [3.05, 3.63) is 88.4 Å². The maximum atomic E-state index is 13.1. The second-order valence-corrected chi connectivity index (χ2v) is 8.03. The van der Waals surface area contributed by atoms with E-state index in [0.29, 0.717) is 30.8 Å². The largest absolute Gasteiger partial charge is 0.338 e. The van der Waals surface area contributed by atoms with Crippen molar-refractivity contribution in [1.82, 2.24) is 19.4 Å². The fourth-order valence-corrected chi connectivity index (χ4v) is 4.58. The van der Waals surface area contributed by atoms with Crippen LogP contribution in [-0.4, -0.2) is 44.3 Å². The SMILES string of the molecule is O=C(Nc1ccc2n(c1=O)C[C@@H]1C[C@@H]2CN(C(=O)c2cccnc2)C1)c1ccncc1. The first kappa shape index (κ1) is 19.2. The molecule has 1 saturated heterocycles. The topological polar surface area (TPSA) is 97.2 Å². The Kier molecular flexibility index (Phi) is 4.82. The fraction of sp³-hybridized carbons (Fsp3) is 0.261. The first-order valence-electron chi connectivity index (χ1n) is 10.2. The van der Waals surface area contributed by atoms with Gasteiger partial charge in [0, 0.05) is 61.6 Å². The molecule has 2 aliphatic rings. The van der Waals surface area contributed by atoms with E-state index in [4.69, 9.17) is 0 Å². The second kappa shape index (κ2) is 7.79. The molecule has 8 nitrogen and oxygen atoms in total. The Labute approximate surface area is 178 Å². The molecule has 2 amide bonds. The van der Waals surface area contributed by atoms with Crippen molar-refractivity contribution in [2.24, 2.45) is 5.92 Å². The highest BCUT2D eigenvalue weighted by Crippen LogP contribution is 2.36. The highest BCUT2D eigenvalue weighted by molar-refractivity contribution is 6.04. The lowest BCUT2D eigenvalue weighted by atomic mass is 9.83. The summed E-state index contributed by atoms with van der Waals surface area (Å²) in [6, 6.07) is 10.3. The summed E-state index contributed by atoms with van der Waals surface area (Å²) in [6.45, 7) is 1.69. The van der Waals surface area contributed by atoms with Crippen molar-refractivity contribution in [1.29, 1.82) is 0 Å². The third kappa shape index (κ3) is 3.61. The normalized spacial score (nSPS) is 19.4. The number of amides is 2. The standard InChI is InChI=1S/C23H21N5O3/c29-21(16-5-8-24-9-6-16)26-19-3-4-20-18-10-15(13-28(20)23(19)31)12-27(14-18)22(30)17-2-1-7-25-11-17/h1-9,11,15,18H,10,12-14H2,(H,26,29)/t15-,18-/m1/s1. The van der Waals surface area contributed by atoms with Gasteiger partial charge in [0.25, 0.3) is 17.4 Å². The smallest absolute Gasteiger partial charge is 0.274 e. The number of carbonyl (C=O) groups is 2. The average Bonchev–Trinajstić information content (AvgIpc) is 2.81. The second-order valence-electron chi connectivity index (χ2n) is 8.03. The summed E-state index contributed by atoms with van der Waals surface area (Å²) >= 11 is 0. The van der Waals surface area contributed by atoms with E-state index in [1.807, 2.05) is 11.0 Å². The van der Waals surface area contributed by atoms with Crippen LogP contribution < -0.4 is 10.9 Å². The molecule has 0 radical (unpaired) electrons. The molecule has 156 valence electrons. The van der Waals surface area contributed by atoms with E-state index in [9.17, 15) is 14.4 Å². The quantitative estimate of drug-likeness (QED) is 0.707. The number of aromatic nitrogens is 3. The monoisotopic (exact) mass is 415 g/mol. The van der Waals surface area contributed by atoms with Crippen LogP contribution in [0.5, 0.6) is 0 Å². The molecule has 0 aliphatic carbocycles. The molecule has 3 aromatic rings. The van der Waals surface area contributed by atoms with E-state index < -0.39 is 0 Å². The molecule has 2 atom stereocenters. The minimum atomic E-state index is -0.343. The van der Waals surface area contributed by atoms with Crippen LogP contribution in [-0.2, 0) is 6.54 Å². The van der Waals surface area contributed by atoms with Gasteiger partial charge in [-0.1, -0.05) is 0 Å². The number of hydrogen-bond donors (Lipinski definition) is 1. The third-order valence-corrected chi connectivity index (χ3v) is 5.99. The van der Waals surface area contributed by atoms with Gasteiger partial charge in [-0.3, -0.25) is 24.4 Å². The summed E-state index contributed by atoms with van der Waals surface area (Å²) < 4.78 is 1.76. The Morgan fingerprint density at radius 1 is 0.935 bits per heavy atom. The van der Waals surface area contributed by atoms with Gasteiger partial charge >= 0.3 is 0 Å². The van der Waals surface area contributed by atoms with E-state index in [1.54, 1.807) is 47.3 Å². The molecular weight excluding hydrogens is 394 g/mol. The molecule has 5 rings (SSSR count). The van der Waals surface area contributed by atoms with Gasteiger partial charge in [0.2, 0.25) is 0 Å². The van der Waals surface area contributed by atoms with Crippen LogP contribution in [0.2, 0.25) is 0 Å². The lowest BCUT2D eigenvalue weighted by Crippen LogP contribution is -2.49. The average molecular weight is 415 g/mol. The number of carbonyl (C=O) groups excluding carboxylic acids is 2. The summed E-state index contributed by atoms with van der Waals surface area (Å²) in [5, 5.41) is 2.72. The number of piperidine rings is 1. The number of hydrogen-bond acceptors (Lipinski definition) is 5. The number of anilines is 1. The van der Waals surface area contributed by atoms with Crippen LogP contribution in [0, 0.1) is 5.92 Å². The van der Waals surface area contributed by atoms with Gasteiger partial charge in [0.1, 0.15) is 5.69 Å². The van der Waals surface area contributed by atoms with E-state index in [1.165, 1.54) is 12.4 Å². The van der Waals surface area contributed by atoms with Crippen molar-refractivity contribution in [3.8, 4) is 0 Å². The Balaban J connectivity index is 1.39. The zero-order valence-electron chi connectivity index (χ0n) is 16.8. The molecule has 31 heavy (non-hydrogen) atoms. The summed E-state index contributed by atoms with van der Waals surface area (Å²) in [4.78, 5) is 48.2. The van der Waals surface area contributed by atoms with Crippen LogP contribution in [0.4, 0.5) is 5.69 Å². The predicted molar refractivity (Wildman–Crippen MR) is 114 cm³/mol. The minimum absolute atomic E-state index is 0.0279. The molecule has 2 bridgehead atoms. The first-order valence-corrected chi connectivity index (χ1v) is 10.2. The zero-order valence-corrected chi connectivity index (χ0v) is 16.8. The van der Waals surface area contributed by atoms with Gasteiger partial charge in [0.05, 0.1) is 5.56 Å². The number of pyridine rings is 3. The maximum Gasteiger partial charge on any atom is 0.274 e. The molecule has 1 N–H and O–H groups in total. The number of nitrogens with one attached hydrogen (secondary N) is 1. The van der Waals surface area contributed by atoms with Gasteiger partial charge < -0.3 is 14.8 Å². The van der Waals surface area contributed by atoms with Crippen LogP contribution >= 0.6 is 0 Å². The van der Waals surface area contributed by atoms with Gasteiger partial charge in [-0.15, -0.1) is 0 Å². The van der Waals surface area contributed by atoms with E-state index in [2.05, 4.69) is 15.3 Å². The molecule has 0 spiro atoms. The van der Waals surface area contributed by atoms with E-state index in [0.717, 1.165) is 12.1 Å². The first-order chi connectivity index (χ1) is 15.1. The van der Waals surface area contributed by atoms with Crippen molar-refractivity contribution in [2.75, 3.05) is 18.4 Å². The molecule has 5 heterocycles. The highest BCUT2D eigenvalue weighted by atomic mass is 16.2. The number of nitrogens with zero attached hydrogens (tertiary/aromatic N) is 4. The third-order valence-electron chi connectivity index (χ3n) is 5.99. The lowest BCUT2D eigenvalue weighted by molar-refractivity contribution is 0.0594. The van der Waals surface area contributed by atoms with Crippen LogP contribution in [0.3, 0.4) is 0 Å². The molecule has 0 saturated carbocycles. The maximum absolute atomic E-state index is 13.1. The molecular formula is C23H21N5O3. The lowest BCUT2D eigenvalue weighted by Gasteiger charge is -2.42. The van der Waals surface area contributed by atoms with E-state index in [-0.39, 0.29) is 34.9 Å². The van der Waals surface area contributed by atoms with Gasteiger partial charge in [0.15, 0.2) is 0 Å². The number of fused-ring (bicyclic) bond motifs is 4. The minimum Gasteiger partial charge on any atom is -0.338 e. The zero-order chi connectivity index (χ0) is 21.4. The number of rotatable bonds is 3. The van der Waals surface area contributed by atoms with Crippen molar-refractivity contribution in [2.45, 2.75) is 18.9 Å². The molecule has 8 heteroatoms. The molecule has 0 unspecified atom stereocenters. The summed E-state index contributed by atoms with van der Waals surface area (Å²) in [5.41, 5.74) is 1.98. The Morgan fingerprint density at radius 3 is 2.55 bits per heavy atom. The summed E-state index contributed by atoms with van der Waals surface area (Å²) in [5.74, 6) is -0.0920. The molecule has 1 fully saturated rings. The molecule has 2 aliphatic heterocycles. The van der Waals surface area contributed by atoms with Gasteiger partial charge in [-0.05, 0) is 48.7 Å². The van der Waals surface area contributed by atoms with Crippen molar-refractivity contribution in [3.63, 3.8) is 0 Å². The van der Waals surface area contributed by atoms with Crippen LogP contribution in [0.25, 0.3) is 0 Å². The Morgan fingerprint density at radius 2 is 1.77 bits per heavy atom. The summed E-state index contributed by atoms with van der Waals surface area (Å²) in [7, 11) is 0. The summed E-state index contributed by atoms with van der Waals surface area (Å²) in [6.07, 6.45) is 7.25. The van der Waals surface area contributed by atoms with E-state index >= 15 is 0 Å². The van der Waals surface area contributed by atoms with Crippen molar-refractivity contribution >= 4 is 17.5 Å². The van der Waals surface area contributed by atoms with Crippen LogP contribution in [0.1, 0.15) is 38.7 Å². The number of likely N-dealkylation sites (tertiary alicyclic amines) is 1. The van der Waals surface area contributed by atoms with Gasteiger partial charge in [-0.25, -0.2) is 0 Å². The highest BCUT2D eigenvalue weighted by Gasteiger charge is 2.37. The molecule has 3 aromatic heterocycles. The Bertz CT molecular complexity index is 1190. The predicted octanol–water partition coefficient (Wildman–Crippen LogP) is 2.15.